The van der Waals surface area contributed by atoms with E-state index in [0.29, 0.717) is 12.1 Å². The maximum Gasteiger partial charge on any atom is 0.0756 e. The maximum atomic E-state index is 5.69. The van der Waals surface area contributed by atoms with Crippen molar-refractivity contribution in [2.45, 2.75) is 51.8 Å². The highest BCUT2D eigenvalue weighted by Crippen LogP contribution is 2.36. The van der Waals surface area contributed by atoms with Crippen LogP contribution in [0.15, 0.2) is 6.07 Å². The Kier molecular flexibility index (Phi) is 4.40. The summed E-state index contributed by atoms with van der Waals surface area (Å²) in [6.45, 7) is 5.12. The molecule has 1 N–H and O–H groups in total. The number of nitrogens with zero attached hydrogens (tertiary/aromatic N) is 2. The van der Waals surface area contributed by atoms with Crippen molar-refractivity contribution < 1.29 is 4.74 Å². The van der Waals surface area contributed by atoms with E-state index in [4.69, 9.17) is 4.74 Å². The largest absolute Gasteiger partial charge is 0.380 e. The molecule has 4 nitrogen and oxygen atoms in total. The zero-order chi connectivity index (χ0) is 13.1. The predicted octanol–water partition coefficient (Wildman–Crippen LogP) is 1.77. The Morgan fingerprint density at radius 1 is 1.56 bits per heavy atom. The van der Waals surface area contributed by atoms with Crippen molar-refractivity contribution in [3.63, 3.8) is 0 Å². The van der Waals surface area contributed by atoms with E-state index in [0.717, 1.165) is 24.6 Å². The summed E-state index contributed by atoms with van der Waals surface area (Å²) in [5.41, 5.74) is 2.40. The third-order valence-electron chi connectivity index (χ3n) is 3.84. The van der Waals surface area contributed by atoms with E-state index >= 15 is 0 Å². The molecule has 2 unspecified atom stereocenters. The summed E-state index contributed by atoms with van der Waals surface area (Å²) in [6, 6.07) is 2.57. The summed E-state index contributed by atoms with van der Waals surface area (Å²) >= 11 is 0. The molecule has 1 saturated carbocycles. The second-order valence-electron chi connectivity index (χ2n) is 5.23. The van der Waals surface area contributed by atoms with Gasteiger partial charge in [-0.25, -0.2) is 0 Å². The van der Waals surface area contributed by atoms with Gasteiger partial charge >= 0.3 is 0 Å². The van der Waals surface area contributed by atoms with Gasteiger partial charge in [0.15, 0.2) is 0 Å². The van der Waals surface area contributed by atoms with Gasteiger partial charge in [-0.15, -0.1) is 0 Å². The smallest absolute Gasteiger partial charge is 0.0756 e. The van der Waals surface area contributed by atoms with E-state index in [1.165, 1.54) is 18.5 Å². The maximum absolute atomic E-state index is 5.69. The van der Waals surface area contributed by atoms with E-state index in [1.54, 1.807) is 0 Å². The number of hydrogen-bond acceptors (Lipinski definition) is 3. The third kappa shape index (κ3) is 2.93. The van der Waals surface area contributed by atoms with E-state index in [1.807, 2.05) is 14.2 Å². The average molecular weight is 251 g/mol. The minimum Gasteiger partial charge on any atom is -0.380 e. The number of aromatic nitrogens is 2. The summed E-state index contributed by atoms with van der Waals surface area (Å²) in [5, 5.41) is 7.93. The first-order valence-corrected chi connectivity index (χ1v) is 6.93. The van der Waals surface area contributed by atoms with Gasteiger partial charge < -0.3 is 10.1 Å². The lowest BCUT2D eigenvalue weighted by Crippen LogP contribution is -2.42. The Labute approximate surface area is 110 Å². The highest BCUT2D eigenvalue weighted by molar-refractivity contribution is 5.11. The molecule has 0 aliphatic heterocycles. The first kappa shape index (κ1) is 13.6. The quantitative estimate of drug-likeness (QED) is 0.802. The minimum atomic E-state index is 0.329. The van der Waals surface area contributed by atoms with Crippen LogP contribution in [-0.2, 0) is 17.7 Å². The van der Waals surface area contributed by atoms with Crippen LogP contribution in [0.3, 0.4) is 0 Å². The lowest BCUT2D eigenvalue weighted by molar-refractivity contribution is 0.0528. The van der Waals surface area contributed by atoms with Crippen LogP contribution >= 0.6 is 0 Å². The molecule has 1 fully saturated rings. The van der Waals surface area contributed by atoms with Crippen LogP contribution in [0.25, 0.3) is 0 Å². The molecule has 0 aromatic carbocycles. The van der Waals surface area contributed by atoms with Crippen molar-refractivity contribution in [1.29, 1.82) is 0 Å². The summed E-state index contributed by atoms with van der Waals surface area (Å²) in [4.78, 5) is 0. The Morgan fingerprint density at radius 2 is 2.28 bits per heavy atom. The predicted molar refractivity (Wildman–Crippen MR) is 72.7 cm³/mol. The monoisotopic (exact) mass is 251 g/mol. The van der Waals surface area contributed by atoms with Gasteiger partial charge in [0.05, 0.1) is 11.8 Å². The van der Waals surface area contributed by atoms with Crippen LogP contribution in [0.1, 0.15) is 31.2 Å². The number of aryl methyl sites for hydroxylation is 2. The van der Waals surface area contributed by atoms with E-state index < -0.39 is 0 Å². The topological polar surface area (TPSA) is 39.1 Å². The fourth-order valence-electron chi connectivity index (χ4n) is 2.76. The number of ether oxygens (including phenoxy) is 1. The molecule has 2 atom stereocenters. The second kappa shape index (κ2) is 5.85. The molecular formula is C14H25N3O. The van der Waals surface area contributed by atoms with Gasteiger partial charge in [-0.1, -0.05) is 0 Å². The molecule has 18 heavy (non-hydrogen) atoms. The van der Waals surface area contributed by atoms with Gasteiger partial charge in [-0.2, -0.15) is 5.10 Å². The van der Waals surface area contributed by atoms with Crippen LogP contribution in [0.5, 0.6) is 0 Å². The van der Waals surface area contributed by atoms with Crippen LogP contribution < -0.4 is 5.32 Å². The van der Waals surface area contributed by atoms with Crippen LogP contribution in [0, 0.1) is 12.8 Å². The van der Waals surface area contributed by atoms with Crippen molar-refractivity contribution in [1.82, 2.24) is 15.1 Å². The van der Waals surface area contributed by atoms with E-state index in [2.05, 4.69) is 35.0 Å². The molecule has 2 rings (SSSR count). The van der Waals surface area contributed by atoms with Gasteiger partial charge in [0.2, 0.25) is 0 Å². The van der Waals surface area contributed by atoms with E-state index in [9.17, 15) is 0 Å². The first-order valence-electron chi connectivity index (χ1n) is 6.93. The summed E-state index contributed by atoms with van der Waals surface area (Å²) in [5.74, 6) is 0.742. The Balaban J connectivity index is 2.08. The van der Waals surface area contributed by atoms with E-state index in [-0.39, 0.29) is 0 Å². The summed E-state index contributed by atoms with van der Waals surface area (Å²) in [7, 11) is 3.86. The molecule has 102 valence electrons. The van der Waals surface area contributed by atoms with Gasteiger partial charge in [0, 0.05) is 31.8 Å². The van der Waals surface area contributed by atoms with Crippen molar-refractivity contribution >= 4 is 0 Å². The van der Waals surface area contributed by atoms with Crippen molar-refractivity contribution in [3.8, 4) is 0 Å². The number of likely N-dealkylation sites (N-methyl/N-ethyl adjacent to an activating group) is 1. The normalized spacial score (nSPS) is 18.9. The molecule has 4 heteroatoms. The summed E-state index contributed by atoms with van der Waals surface area (Å²) < 4.78 is 7.78. The Morgan fingerprint density at radius 3 is 2.78 bits per heavy atom. The van der Waals surface area contributed by atoms with Crippen LogP contribution in [-0.4, -0.2) is 36.1 Å². The van der Waals surface area contributed by atoms with Crippen molar-refractivity contribution in [3.05, 3.63) is 17.5 Å². The van der Waals surface area contributed by atoms with Gasteiger partial charge in [-0.3, -0.25) is 4.68 Å². The molecule has 1 aromatic heterocycles. The molecular weight excluding hydrogens is 226 g/mol. The standard InChI is InChI=1S/C14H25N3O/c1-5-17-12(8-10(2)16-17)9-13(15-3)14(18-4)11-6-7-11/h8,11,13-15H,5-7,9H2,1-4H3. The zero-order valence-corrected chi connectivity index (χ0v) is 11.9. The molecule has 0 spiro atoms. The van der Waals surface area contributed by atoms with Gasteiger partial charge in [0.25, 0.3) is 0 Å². The fraction of sp³-hybridized carbons (Fsp3) is 0.786. The van der Waals surface area contributed by atoms with Crippen LogP contribution in [0.4, 0.5) is 0 Å². The molecule has 1 aliphatic carbocycles. The molecule has 1 heterocycles. The van der Waals surface area contributed by atoms with Crippen LogP contribution in [0.2, 0.25) is 0 Å². The zero-order valence-electron chi connectivity index (χ0n) is 11.9. The van der Waals surface area contributed by atoms with Gasteiger partial charge in [0.1, 0.15) is 0 Å². The fourth-order valence-corrected chi connectivity index (χ4v) is 2.76. The van der Waals surface area contributed by atoms with Gasteiger partial charge in [-0.05, 0) is 45.7 Å². The molecule has 1 aliphatic rings. The molecule has 0 saturated heterocycles. The number of methoxy groups -OCH3 is 1. The lowest BCUT2D eigenvalue weighted by Gasteiger charge is -2.25. The first-order chi connectivity index (χ1) is 8.69. The molecule has 0 amide bonds. The minimum absolute atomic E-state index is 0.329. The SMILES string of the molecule is CCn1nc(C)cc1CC(NC)C(OC)C1CC1. The highest BCUT2D eigenvalue weighted by atomic mass is 16.5. The number of hydrogen-bond donors (Lipinski definition) is 1. The number of nitrogens with one attached hydrogen (secondary N) is 1. The Bertz CT molecular complexity index is 384. The summed E-state index contributed by atoms with van der Waals surface area (Å²) in [6.07, 6.45) is 3.93. The van der Waals surface area contributed by atoms with Crippen molar-refractivity contribution in [2.75, 3.05) is 14.2 Å². The molecule has 0 radical (unpaired) electrons. The molecule has 1 aromatic rings. The average Bonchev–Trinajstić information content (AvgIpc) is 3.13. The third-order valence-corrected chi connectivity index (χ3v) is 3.84. The molecule has 0 bridgehead atoms. The second-order valence-corrected chi connectivity index (χ2v) is 5.23. The number of rotatable bonds is 7. The van der Waals surface area contributed by atoms with Crippen molar-refractivity contribution in [2.24, 2.45) is 5.92 Å². The highest BCUT2D eigenvalue weighted by Gasteiger charge is 2.36. The lowest BCUT2D eigenvalue weighted by atomic mass is 10.0. The Hall–Kier alpha value is -0.870.